The van der Waals surface area contributed by atoms with E-state index < -0.39 is 0 Å². The molecule has 4 nitrogen and oxygen atoms in total. The van der Waals surface area contributed by atoms with Crippen LogP contribution in [0.1, 0.15) is 22.3 Å². The standard InChI is InChI=1S/C11H13FN4S/c1-7-15-10(6-17-7)3-11(16-13)8-2-9(12)5-14-4-8/h2,4-6,11,16H,3,13H2,1H3. The third-order valence-corrected chi connectivity index (χ3v) is 3.23. The van der Waals surface area contributed by atoms with E-state index in [1.165, 1.54) is 12.3 Å². The Balaban J connectivity index is 2.16. The summed E-state index contributed by atoms with van der Waals surface area (Å²) in [6.07, 6.45) is 3.39. The van der Waals surface area contributed by atoms with Crippen molar-refractivity contribution >= 4 is 11.3 Å². The molecule has 90 valence electrons. The predicted molar refractivity (Wildman–Crippen MR) is 64.8 cm³/mol. The Bertz CT molecular complexity index is 500. The first kappa shape index (κ1) is 12.1. The van der Waals surface area contributed by atoms with Gasteiger partial charge in [-0.25, -0.2) is 9.37 Å². The molecule has 2 aromatic heterocycles. The lowest BCUT2D eigenvalue weighted by Gasteiger charge is -2.14. The monoisotopic (exact) mass is 252 g/mol. The molecular formula is C11H13FN4S. The van der Waals surface area contributed by atoms with Gasteiger partial charge in [-0.3, -0.25) is 16.3 Å². The summed E-state index contributed by atoms with van der Waals surface area (Å²) in [5.74, 6) is 5.12. The van der Waals surface area contributed by atoms with Gasteiger partial charge in [0.05, 0.1) is 22.9 Å². The first-order chi connectivity index (χ1) is 8.19. The number of hydrazine groups is 1. The van der Waals surface area contributed by atoms with E-state index in [4.69, 9.17) is 5.84 Å². The number of aryl methyl sites for hydroxylation is 1. The lowest BCUT2D eigenvalue weighted by Crippen LogP contribution is -2.29. The van der Waals surface area contributed by atoms with Crippen molar-refractivity contribution in [1.29, 1.82) is 0 Å². The number of hydrogen-bond acceptors (Lipinski definition) is 5. The summed E-state index contributed by atoms with van der Waals surface area (Å²) in [6.45, 7) is 1.95. The lowest BCUT2D eigenvalue weighted by atomic mass is 10.1. The molecule has 1 unspecified atom stereocenters. The summed E-state index contributed by atoms with van der Waals surface area (Å²) < 4.78 is 13.1. The van der Waals surface area contributed by atoms with Crippen LogP contribution in [0.2, 0.25) is 0 Å². The van der Waals surface area contributed by atoms with Crippen LogP contribution < -0.4 is 11.3 Å². The van der Waals surface area contributed by atoms with Crippen LogP contribution in [0.5, 0.6) is 0 Å². The van der Waals surface area contributed by atoms with Crippen LogP contribution in [0.15, 0.2) is 23.8 Å². The molecule has 17 heavy (non-hydrogen) atoms. The quantitative estimate of drug-likeness (QED) is 0.642. The van der Waals surface area contributed by atoms with Crippen LogP contribution in [0.3, 0.4) is 0 Å². The highest BCUT2D eigenvalue weighted by Crippen LogP contribution is 2.19. The van der Waals surface area contributed by atoms with Crippen LogP contribution in [0, 0.1) is 12.7 Å². The number of rotatable bonds is 4. The van der Waals surface area contributed by atoms with Gasteiger partial charge in [-0.2, -0.15) is 0 Å². The molecule has 2 aromatic rings. The molecule has 2 rings (SSSR count). The molecule has 6 heteroatoms. The number of nitrogens with zero attached hydrogens (tertiary/aromatic N) is 2. The highest BCUT2D eigenvalue weighted by molar-refractivity contribution is 7.09. The van der Waals surface area contributed by atoms with E-state index >= 15 is 0 Å². The second-order valence-corrected chi connectivity index (χ2v) is 4.78. The van der Waals surface area contributed by atoms with E-state index in [1.54, 1.807) is 17.5 Å². The molecular weight excluding hydrogens is 239 g/mol. The maximum absolute atomic E-state index is 13.1. The molecule has 0 bridgehead atoms. The average Bonchev–Trinajstić information content (AvgIpc) is 2.72. The van der Waals surface area contributed by atoms with E-state index in [-0.39, 0.29) is 11.9 Å². The fourth-order valence-corrected chi connectivity index (χ4v) is 2.23. The van der Waals surface area contributed by atoms with E-state index in [9.17, 15) is 4.39 Å². The summed E-state index contributed by atoms with van der Waals surface area (Å²) in [4.78, 5) is 8.17. The summed E-state index contributed by atoms with van der Waals surface area (Å²) in [5.41, 5.74) is 4.33. The van der Waals surface area contributed by atoms with Gasteiger partial charge in [-0.1, -0.05) is 0 Å². The first-order valence-corrected chi connectivity index (χ1v) is 6.04. The molecule has 2 heterocycles. The zero-order chi connectivity index (χ0) is 12.3. The van der Waals surface area contributed by atoms with Crippen molar-refractivity contribution in [3.8, 4) is 0 Å². The Hall–Kier alpha value is -1.37. The van der Waals surface area contributed by atoms with Crippen molar-refractivity contribution in [2.24, 2.45) is 5.84 Å². The van der Waals surface area contributed by atoms with Gasteiger partial charge in [0.2, 0.25) is 0 Å². The summed E-state index contributed by atoms with van der Waals surface area (Å²) in [5, 5.41) is 2.99. The molecule has 0 radical (unpaired) electrons. The predicted octanol–water partition coefficient (Wildman–Crippen LogP) is 1.73. The Morgan fingerprint density at radius 1 is 1.53 bits per heavy atom. The number of aromatic nitrogens is 2. The molecule has 0 aliphatic rings. The smallest absolute Gasteiger partial charge is 0.141 e. The molecule has 0 saturated heterocycles. The minimum Gasteiger partial charge on any atom is -0.271 e. The van der Waals surface area contributed by atoms with Gasteiger partial charge >= 0.3 is 0 Å². The van der Waals surface area contributed by atoms with Gasteiger partial charge in [-0.15, -0.1) is 11.3 Å². The van der Waals surface area contributed by atoms with Gasteiger partial charge in [0.25, 0.3) is 0 Å². The number of thiazole rings is 1. The zero-order valence-corrected chi connectivity index (χ0v) is 10.2. The van der Waals surface area contributed by atoms with Crippen LogP contribution >= 0.6 is 11.3 Å². The van der Waals surface area contributed by atoms with Gasteiger partial charge in [0.1, 0.15) is 5.82 Å². The molecule has 1 atom stereocenters. The van der Waals surface area contributed by atoms with E-state index in [0.717, 1.165) is 16.3 Å². The number of hydrogen-bond donors (Lipinski definition) is 2. The van der Waals surface area contributed by atoms with Gasteiger partial charge in [-0.05, 0) is 18.6 Å². The minimum atomic E-state index is -0.364. The van der Waals surface area contributed by atoms with Gasteiger partial charge < -0.3 is 0 Å². The molecule has 0 amide bonds. The molecule has 3 N–H and O–H groups in total. The van der Waals surface area contributed by atoms with Crippen LogP contribution in [-0.4, -0.2) is 9.97 Å². The topological polar surface area (TPSA) is 63.8 Å². The Morgan fingerprint density at radius 3 is 2.94 bits per heavy atom. The largest absolute Gasteiger partial charge is 0.271 e. The van der Waals surface area contributed by atoms with Crippen molar-refractivity contribution in [2.75, 3.05) is 0 Å². The van der Waals surface area contributed by atoms with Crippen molar-refractivity contribution in [3.05, 3.63) is 45.9 Å². The number of nitrogens with two attached hydrogens (primary N) is 1. The minimum absolute atomic E-state index is 0.181. The van der Waals surface area contributed by atoms with Crippen molar-refractivity contribution in [3.63, 3.8) is 0 Å². The second-order valence-electron chi connectivity index (χ2n) is 3.72. The molecule has 0 aromatic carbocycles. The Kier molecular flexibility index (Phi) is 3.78. The van der Waals surface area contributed by atoms with Gasteiger partial charge in [0, 0.05) is 18.0 Å². The second kappa shape index (κ2) is 5.31. The highest BCUT2D eigenvalue weighted by Gasteiger charge is 2.13. The third-order valence-electron chi connectivity index (χ3n) is 2.41. The first-order valence-electron chi connectivity index (χ1n) is 5.16. The van der Waals surface area contributed by atoms with Crippen molar-refractivity contribution in [2.45, 2.75) is 19.4 Å². The number of pyridine rings is 1. The number of halogens is 1. The van der Waals surface area contributed by atoms with E-state index in [2.05, 4.69) is 15.4 Å². The Morgan fingerprint density at radius 2 is 2.35 bits per heavy atom. The lowest BCUT2D eigenvalue weighted by molar-refractivity contribution is 0.536. The summed E-state index contributed by atoms with van der Waals surface area (Å²) in [6, 6.07) is 1.25. The van der Waals surface area contributed by atoms with E-state index in [1.807, 2.05) is 12.3 Å². The van der Waals surface area contributed by atoms with Crippen LogP contribution in [-0.2, 0) is 6.42 Å². The van der Waals surface area contributed by atoms with E-state index in [0.29, 0.717) is 6.42 Å². The summed E-state index contributed by atoms with van der Waals surface area (Å²) in [7, 11) is 0. The molecule has 0 saturated carbocycles. The van der Waals surface area contributed by atoms with Crippen molar-refractivity contribution in [1.82, 2.24) is 15.4 Å². The maximum Gasteiger partial charge on any atom is 0.141 e. The highest BCUT2D eigenvalue weighted by atomic mass is 32.1. The van der Waals surface area contributed by atoms with Crippen LogP contribution in [0.4, 0.5) is 4.39 Å². The normalized spacial score (nSPS) is 12.6. The van der Waals surface area contributed by atoms with Crippen molar-refractivity contribution < 1.29 is 4.39 Å². The SMILES string of the molecule is Cc1nc(CC(NN)c2cncc(F)c2)cs1. The molecule has 0 spiro atoms. The molecule has 0 fully saturated rings. The Labute approximate surface area is 103 Å². The molecule has 0 aliphatic carbocycles. The number of nitrogens with one attached hydrogen (secondary N) is 1. The average molecular weight is 252 g/mol. The van der Waals surface area contributed by atoms with Crippen LogP contribution in [0.25, 0.3) is 0 Å². The van der Waals surface area contributed by atoms with Gasteiger partial charge in [0.15, 0.2) is 0 Å². The maximum atomic E-state index is 13.1. The summed E-state index contributed by atoms with van der Waals surface area (Å²) >= 11 is 1.59. The molecule has 0 aliphatic heterocycles. The third kappa shape index (κ3) is 3.06. The zero-order valence-electron chi connectivity index (χ0n) is 9.35. The fraction of sp³-hybridized carbons (Fsp3) is 0.273. The fourth-order valence-electron chi connectivity index (χ4n) is 1.60.